The summed E-state index contributed by atoms with van der Waals surface area (Å²) in [6, 6.07) is 6.44. The molecule has 2 heterocycles. The van der Waals surface area contributed by atoms with Crippen LogP contribution in [0.15, 0.2) is 29.8 Å². The number of aliphatic hydroxyl groups excluding tert-OH is 2. The van der Waals surface area contributed by atoms with Crippen LogP contribution >= 0.6 is 11.3 Å². The summed E-state index contributed by atoms with van der Waals surface area (Å²) in [5, 5.41) is 27.4. The van der Waals surface area contributed by atoms with Gasteiger partial charge in [0.25, 0.3) is 0 Å². The maximum atomic E-state index is 13.8. The lowest BCUT2D eigenvalue weighted by atomic mass is 9.85. The molecule has 1 aliphatic heterocycles. The predicted octanol–water partition coefficient (Wildman–Crippen LogP) is 1.04. The van der Waals surface area contributed by atoms with Crippen molar-refractivity contribution >= 4 is 23.2 Å². The Labute approximate surface area is 275 Å². The summed E-state index contributed by atoms with van der Waals surface area (Å²) in [6.07, 6.45) is -1.66. The number of carbonyl (C=O) groups excluding carboxylic acids is 2. The zero-order chi connectivity index (χ0) is 33.5. The lowest BCUT2D eigenvalue weighted by molar-refractivity contribution is -0.143. The second-order valence-electron chi connectivity index (χ2n) is 12.3. The molecule has 1 aromatic carbocycles. The summed E-state index contributed by atoms with van der Waals surface area (Å²) in [4.78, 5) is 33.4. The molecule has 2 aromatic rings. The van der Waals surface area contributed by atoms with Crippen molar-refractivity contribution < 1.29 is 38.7 Å². The highest BCUT2D eigenvalue weighted by Crippen LogP contribution is 2.28. The fourth-order valence-corrected chi connectivity index (χ4v) is 5.84. The summed E-state index contributed by atoms with van der Waals surface area (Å²) < 4.78 is 21.5. The van der Waals surface area contributed by atoms with E-state index in [2.05, 4.69) is 15.6 Å². The minimum absolute atomic E-state index is 0.0614. The number of carbonyl (C=O) groups is 2. The molecule has 0 spiro atoms. The summed E-state index contributed by atoms with van der Waals surface area (Å²) in [5.74, 6) is -0.815. The molecule has 0 bridgehead atoms. The maximum Gasteiger partial charge on any atom is 0.246 e. The second-order valence-corrected chi connectivity index (χ2v) is 13.1. The van der Waals surface area contributed by atoms with Crippen LogP contribution in [0, 0.1) is 12.3 Å². The highest BCUT2D eigenvalue weighted by molar-refractivity contribution is 7.13. The van der Waals surface area contributed by atoms with Gasteiger partial charge in [0, 0.05) is 19.6 Å². The molecule has 1 fully saturated rings. The van der Waals surface area contributed by atoms with E-state index in [0.29, 0.717) is 46.1 Å². The molecule has 14 heteroatoms. The quantitative estimate of drug-likeness (QED) is 0.101. The first-order valence-electron chi connectivity index (χ1n) is 15.7. The van der Waals surface area contributed by atoms with Gasteiger partial charge in [-0.1, -0.05) is 45.0 Å². The van der Waals surface area contributed by atoms with E-state index in [4.69, 9.17) is 24.7 Å². The largest absolute Gasteiger partial charge is 0.391 e. The highest BCUT2D eigenvalue weighted by Gasteiger charge is 2.44. The Balaban J connectivity index is 1.44. The smallest absolute Gasteiger partial charge is 0.246 e. The van der Waals surface area contributed by atoms with E-state index in [1.165, 1.54) is 4.90 Å². The zero-order valence-electron chi connectivity index (χ0n) is 27.4. The number of benzene rings is 1. The Morgan fingerprint density at radius 1 is 1.04 bits per heavy atom. The summed E-state index contributed by atoms with van der Waals surface area (Å²) >= 11 is 1.59. The van der Waals surface area contributed by atoms with Crippen LogP contribution in [-0.2, 0) is 35.1 Å². The van der Waals surface area contributed by atoms with Gasteiger partial charge in [0.15, 0.2) is 0 Å². The number of amides is 2. The van der Waals surface area contributed by atoms with Crippen molar-refractivity contribution in [2.24, 2.45) is 11.1 Å². The summed E-state index contributed by atoms with van der Waals surface area (Å²) in [6.45, 7) is 10.9. The standard InChI is InChI=1S/C32H51N5O8S/c1-22-28(46-21-35-22)24-7-5-23(6-8-24)18-34-30(40)26-17-25(38)19-37(26)31(41)29(32(2,3)4)36-27(39)20-45-16-15-44-14-13-43-12-11-42-10-9-33/h5-8,21,25-26,29-30,34,38,40H,9-20,33H2,1-4H3,(H,36,39)/t25-,26+,29-,30?/m1/s1. The van der Waals surface area contributed by atoms with Crippen molar-refractivity contribution in [1.29, 1.82) is 0 Å². The van der Waals surface area contributed by atoms with Crippen molar-refractivity contribution in [2.75, 3.05) is 65.9 Å². The van der Waals surface area contributed by atoms with Crippen molar-refractivity contribution in [2.45, 2.75) is 65.1 Å². The molecule has 6 N–H and O–H groups in total. The third kappa shape index (κ3) is 12.2. The molecule has 13 nitrogen and oxygen atoms in total. The van der Waals surface area contributed by atoms with Crippen molar-refractivity contribution in [3.63, 3.8) is 0 Å². The molecule has 0 aliphatic carbocycles. The lowest BCUT2D eigenvalue weighted by Gasteiger charge is -2.37. The molecule has 1 saturated heterocycles. The van der Waals surface area contributed by atoms with Crippen molar-refractivity contribution in [3.05, 3.63) is 41.0 Å². The van der Waals surface area contributed by atoms with Gasteiger partial charge in [-0.05, 0) is 29.9 Å². The van der Waals surface area contributed by atoms with E-state index >= 15 is 0 Å². The minimum atomic E-state index is -1.08. The monoisotopic (exact) mass is 665 g/mol. The average Bonchev–Trinajstić information content (AvgIpc) is 3.63. The van der Waals surface area contributed by atoms with Gasteiger partial charge in [-0.15, -0.1) is 11.3 Å². The molecule has 3 rings (SSSR count). The Kier molecular flexibility index (Phi) is 15.9. The van der Waals surface area contributed by atoms with Crippen LogP contribution in [0.1, 0.15) is 38.4 Å². The van der Waals surface area contributed by atoms with Crippen LogP contribution in [0.5, 0.6) is 0 Å². The first kappa shape index (κ1) is 37.9. The first-order valence-corrected chi connectivity index (χ1v) is 16.6. The number of hydrogen-bond acceptors (Lipinski definition) is 12. The number of nitrogens with zero attached hydrogens (tertiary/aromatic N) is 2. The first-order chi connectivity index (χ1) is 22.0. The number of β-amino-alcohol motifs (C(OH)–C–C–N with tert-alkyl or cyclic N) is 1. The molecule has 2 amide bonds. The lowest BCUT2D eigenvalue weighted by Crippen LogP contribution is -2.59. The molecular formula is C32H51N5O8S. The summed E-state index contributed by atoms with van der Waals surface area (Å²) in [5.41, 5.74) is 9.56. The van der Waals surface area contributed by atoms with Gasteiger partial charge in [-0.3, -0.25) is 14.9 Å². The van der Waals surface area contributed by atoms with Crippen LogP contribution in [0.25, 0.3) is 10.4 Å². The zero-order valence-corrected chi connectivity index (χ0v) is 28.2. The summed E-state index contributed by atoms with van der Waals surface area (Å²) in [7, 11) is 0. The molecule has 46 heavy (non-hydrogen) atoms. The molecule has 0 saturated carbocycles. The number of aromatic nitrogens is 1. The molecule has 4 atom stereocenters. The third-order valence-corrected chi connectivity index (χ3v) is 8.45. The van der Waals surface area contributed by atoms with E-state index < -0.39 is 35.7 Å². The van der Waals surface area contributed by atoms with E-state index in [1.54, 1.807) is 11.3 Å². The van der Waals surface area contributed by atoms with Crippen LogP contribution in [0.3, 0.4) is 0 Å². The number of likely N-dealkylation sites (tertiary alicyclic amines) is 1. The van der Waals surface area contributed by atoms with E-state index in [-0.39, 0.29) is 38.7 Å². The Morgan fingerprint density at radius 3 is 2.22 bits per heavy atom. The van der Waals surface area contributed by atoms with Gasteiger partial charge in [-0.25, -0.2) is 4.98 Å². The molecular weight excluding hydrogens is 614 g/mol. The number of aryl methyl sites for hydroxylation is 1. The fraction of sp³-hybridized carbons (Fsp3) is 0.656. The Bertz CT molecular complexity index is 1190. The number of aliphatic hydroxyl groups is 2. The number of ether oxygens (including phenoxy) is 4. The van der Waals surface area contributed by atoms with Crippen LogP contribution in [-0.4, -0.2) is 122 Å². The Morgan fingerprint density at radius 2 is 1.65 bits per heavy atom. The molecule has 1 unspecified atom stereocenters. The average molecular weight is 666 g/mol. The van der Waals surface area contributed by atoms with E-state index in [0.717, 1.165) is 21.7 Å². The van der Waals surface area contributed by atoms with Gasteiger partial charge < -0.3 is 45.1 Å². The van der Waals surface area contributed by atoms with Gasteiger partial charge in [0.05, 0.1) is 74.5 Å². The normalized spacial score (nSPS) is 18.1. The number of thiazole rings is 1. The molecule has 0 radical (unpaired) electrons. The topological polar surface area (TPSA) is 178 Å². The molecule has 1 aliphatic rings. The van der Waals surface area contributed by atoms with Crippen LogP contribution < -0.4 is 16.4 Å². The van der Waals surface area contributed by atoms with Gasteiger partial charge >= 0.3 is 0 Å². The highest BCUT2D eigenvalue weighted by atomic mass is 32.1. The fourth-order valence-electron chi connectivity index (χ4n) is 5.03. The number of rotatable bonds is 20. The van der Waals surface area contributed by atoms with Gasteiger partial charge in [0.2, 0.25) is 11.8 Å². The second kappa shape index (κ2) is 19.3. The third-order valence-electron chi connectivity index (χ3n) is 7.48. The number of nitrogens with two attached hydrogens (primary N) is 1. The molecule has 1 aromatic heterocycles. The van der Waals surface area contributed by atoms with E-state index in [1.807, 2.05) is 57.5 Å². The predicted molar refractivity (Wildman–Crippen MR) is 175 cm³/mol. The van der Waals surface area contributed by atoms with Crippen molar-refractivity contribution in [1.82, 2.24) is 20.5 Å². The maximum absolute atomic E-state index is 13.8. The molecule has 258 valence electrons. The number of hydrogen-bond donors (Lipinski definition) is 5. The van der Waals surface area contributed by atoms with Crippen LogP contribution in [0.4, 0.5) is 0 Å². The number of nitrogens with one attached hydrogen (secondary N) is 2. The van der Waals surface area contributed by atoms with Gasteiger partial charge in [0.1, 0.15) is 18.9 Å². The Hall–Kier alpha value is -2.53. The van der Waals surface area contributed by atoms with E-state index in [9.17, 15) is 19.8 Å². The SMILES string of the molecule is Cc1ncsc1-c1ccc(CNC(O)[C@@H]2C[C@@H](O)CN2C(=O)[C@@H](NC(=O)COCCOCCOCCOCCN)C(C)(C)C)cc1. The van der Waals surface area contributed by atoms with Crippen molar-refractivity contribution in [3.8, 4) is 10.4 Å². The minimum Gasteiger partial charge on any atom is -0.391 e. The van der Waals surface area contributed by atoms with Gasteiger partial charge in [-0.2, -0.15) is 0 Å². The van der Waals surface area contributed by atoms with Crippen LogP contribution in [0.2, 0.25) is 0 Å².